The Morgan fingerprint density at radius 1 is 1.61 bits per heavy atom. The minimum atomic E-state index is -0.569. The highest BCUT2D eigenvalue weighted by molar-refractivity contribution is 9.10. The zero-order valence-corrected chi connectivity index (χ0v) is 11.7. The molecule has 0 bridgehead atoms. The van der Waals surface area contributed by atoms with Gasteiger partial charge in [-0.3, -0.25) is 9.20 Å². The van der Waals surface area contributed by atoms with E-state index in [1.807, 2.05) is 12.1 Å². The van der Waals surface area contributed by atoms with Gasteiger partial charge >= 0.3 is 0 Å². The Morgan fingerprint density at radius 2 is 2.33 bits per heavy atom. The lowest BCUT2D eigenvalue weighted by Gasteiger charge is -2.07. The molecule has 1 amide bonds. The van der Waals surface area contributed by atoms with Crippen LogP contribution >= 0.6 is 15.9 Å². The summed E-state index contributed by atoms with van der Waals surface area (Å²) in [6.45, 7) is 3.63. The molecular formula is C12H14BrN3O2. The van der Waals surface area contributed by atoms with Crippen LogP contribution < -0.4 is 5.32 Å². The number of aromatic nitrogens is 2. The van der Waals surface area contributed by atoms with E-state index in [2.05, 4.69) is 26.2 Å². The zero-order chi connectivity index (χ0) is 13.3. The Balaban J connectivity index is 2.40. The molecule has 0 spiro atoms. The molecule has 96 valence electrons. The lowest BCUT2D eigenvalue weighted by Crippen LogP contribution is -2.31. The summed E-state index contributed by atoms with van der Waals surface area (Å²) < 4.78 is 2.61. The first-order valence-corrected chi connectivity index (χ1v) is 6.39. The molecule has 0 aliphatic heterocycles. The number of imidazole rings is 1. The van der Waals surface area contributed by atoms with Crippen LogP contribution in [0.1, 0.15) is 23.1 Å². The van der Waals surface area contributed by atoms with Gasteiger partial charge in [-0.25, -0.2) is 4.98 Å². The quantitative estimate of drug-likeness (QED) is 0.903. The van der Waals surface area contributed by atoms with Crippen molar-refractivity contribution in [2.24, 2.45) is 0 Å². The molecule has 2 N–H and O–H groups in total. The summed E-state index contributed by atoms with van der Waals surface area (Å²) >= 11 is 3.37. The van der Waals surface area contributed by atoms with E-state index in [1.165, 1.54) is 0 Å². The monoisotopic (exact) mass is 311 g/mol. The SMILES string of the molecule is Cc1nc2ccc(Br)cn2c1C(=O)NCC(C)O. The number of aryl methyl sites for hydroxylation is 1. The number of aliphatic hydroxyl groups excluding tert-OH is 1. The fraction of sp³-hybridized carbons (Fsp3) is 0.333. The number of pyridine rings is 1. The number of fused-ring (bicyclic) bond motifs is 1. The molecule has 6 heteroatoms. The summed E-state index contributed by atoms with van der Waals surface area (Å²) in [6, 6.07) is 3.71. The summed E-state index contributed by atoms with van der Waals surface area (Å²) in [4.78, 5) is 16.4. The van der Waals surface area contributed by atoms with Gasteiger partial charge in [0.25, 0.3) is 5.91 Å². The van der Waals surface area contributed by atoms with Crippen molar-refractivity contribution >= 4 is 27.5 Å². The smallest absolute Gasteiger partial charge is 0.270 e. The predicted molar refractivity (Wildman–Crippen MR) is 71.6 cm³/mol. The number of nitrogens with one attached hydrogen (secondary N) is 1. The fourth-order valence-corrected chi connectivity index (χ4v) is 2.07. The normalized spacial score (nSPS) is 12.7. The molecule has 5 nitrogen and oxygen atoms in total. The van der Waals surface area contributed by atoms with Crippen molar-refractivity contribution in [2.45, 2.75) is 20.0 Å². The minimum Gasteiger partial charge on any atom is -0.392 e. The average molecular weight is 312 g/mol. The molecule has 2 aromatic heterocycles. The maximum absolute atomic E-state index is 12.1. The van der Waals surface area contributed by atoms with Crippen molar-refractivity contribution in [3.63, 3.8) is 0 Å². The molecule has 0 saturated heterocycles. The second-order valence-corrected chi connectivity index (χ2v) is 5.10. The highest BCUT2D eigenvalue weighted by atomic mass is 79.9. The third-order valence-electron chi connectivity index (χ3n) is 2.53. The molecule has 0 saturated carbocycles. The van der Waals surface area contributed by atoms with Gasteiger partial charge in [-0.1, -0.05) is 0 Å². The lowest BCUT2D eigenvalue weighted by molar-refractivity contribution is 0.0917. The number of hydrogen-bond donors (Lipinski definition) is 2. The Bertz CT molecular complexity index is 592. The van der Waals surface area contributed by atoms with Crippen LogP contribution in [0.25, 0.3) is 5.65 Å². The van der Waals surface area contributed by atoms with E-state index in [1.54, 1.807) is 24.4 Å². The number of carbonyl (C=O) groups is 1. The van der Waals surface area contributed by atoms with Crippen LogP contribution in [-0.4, -0.2) is 33.0 Å². The van der Waals surface area contributed by atoms with Crippen molar-refractivity contribution in [1.29, 1.82) is 0 Å². The largest absolute Gasteiger partial charge is 0.392 e. The standard InChI is InChI=1S/C12H14BrN3O2/c1-7(17)5-14-12(18)11-8(2)15-10-4-3-9(13)6-16(10)11/h3-4,6-7,17H,5H2,1-2H3,(H,14,18). The first kappa shape index (κ1) is 13.0. The van der Waals surface area contributed by atoms with Crippen molar-refractivity contribution in [3.8, 4) is 0 Å². The fourth-order valence-electron chi connectivity index (χ4n) is 1.73. The molecule has 0 aromatic carbocycles. The number of rotatable bonds is 3. The number of nitrogens with zero attached hydrogens (tertiary/aromatic N) is 2. The molecule has 2 heterocycles. The third kappa shape index (κ3) is 2.54. The van der Waals surface area contributed by atoms with Gasteiger partial charge in [-0.15, -0.1) is 0 Å². The van der Waals surface area contributed by atoms with E-state index in [4.69, 9.17) is 0 Å². The number of amides is 1. The first-order chi connectivity index (χ1) is 8.49. The molecule has 18 heavy (non-hydrogen) atoms. The second kappa shape index (κ2) is 5.07. The Kier molecular flexibility index (Phi) is 3.68. The second-order valence-electron chi connectivity index (χ2n) is 4.18. The van der Waals surface area contributed by atoms with E-state index in [0.717, 1.165) is 10.1 Å². The average Bonchev–Trinajstić information content (AvgIpc) is 2.61. The lowest BCUT2D eigenvalue weighted by atomic mass is 10.3. The van der Waals surface area contributed by atoms with E-state index < -0.39 is 6.10 Å². The van der Waals surface area contributed by atoms with Gasteiger partial charge in [-0.2, -0.15) is 0 Å². The highest BCUT2D eigenvalue weighted by Gasteiger charge is 2.16. The molecule has 2 rings (SSSR count). The zero-order valence-electron chi connectivity index (χ0n) is 10.1. The van der Waals surface area contributed by atoms with Gasteiger partial charge in [0.1, 0.15) is 11.3 Å². The van der Waals surface area contributed by atoms with Gasteiger partial charge in [0.15, 0.2) is 0 Å². The number of aliphatic hydroxyl groups is 1. The van der Waals surface area contributed by atoms with Crippen LogP contribution in [0.4, 0.5) is 0 Å². The molecule has 0 radical (unpaired) electrons. The summed E-state index contributed by atoms with van der Waals surface area (Å²) in [7, 11) is 0. The van der Waals surface area contributed by atoms with Gasteiger partial charge in [0, 0.05) is 17.2 Å². The predicted octanol–water partition coefficient (Wildman–Crippen LogP) is 1.52. The maximum atomic E-state index is 12.1. The molecule has 0 aliphatic rings. The van der Waals surface area contributed by atoms with Crippen molar-refractivity contribution in [2.75, 3.05) is 6.54 Å². The van der Waals surface area contributed by atoms with Crippen LogP contribution in [0.15, 0.2) is 22.8 Å². The van der Waals surface area contributed by atoms with Crippen LogP contribution in [0.5, 0.6) is 0 Å². The van der Waals surface area contributed by atoms with Crippen molar-refractivity contribution in [1.82, 2.24) is 14.7 Å². The van der Waals surface area contributed by atoms with Crippen LogP contribution in [0, 0.1) is 6.92 Å². The summed E-state index contributed by atoms with van der Waals surface area (Å²) in [5.41, 5.74) is 1.88. The molecular weight excluding hydrogens is 298 g/mol. The van der Waals surface area contributed by atoms with Gasteiger partial charge in [0.05, 0.1) is 11.8 Å². The third-order valence-corrected chi connectivity index (χ3v) is 3.00. The molecule has 0 fully saturated rings. The Labute approximate surface area is 113 Å². The van der Waals surface area contributed by atoms with Crippen LogP contribution in [0.3, 0.4) is 0 Å². The Morgan fingerprint density at radius 3 is 3.00 bits per heavy atom. The van der Waals surface area contributed by atoms with Crippen molar-refractivity contribution < 1.29 is 9.90 Å². The summed E-state index contributed by atoms with van der Waals surface area (Å²) in [5.74, 6) is -0.237. The molecule has 1 unspecified atom stereocenters. The molecule has 1 atom stereocenters. The number of halogens is 1. The summed E-state index contributed by atoms with van der Waals surface area (Å²) in [5, 5.41) is 11.9. The Hall–Kier alpha value is -1.40. The van der Waals surface area contributed by atoms with Gasteiger partial charge in [0.2, 0.25) is 0 Å². The minimum absolute atomic E-state index is 0.222. The van der Waals surface area contributed by atoms with E-state index >= 15 is 0 Å². The van der Waals surface area contributed by atoms with Gasteiger partial charge in [-0.05, 0) is 41.9 Å². The van der Waals surface area contributed by atoms with Crippen molar-refractivity contribution in [3.05, 3.63) is 34.2 Å². The van der Waals surface area contributed by atoms with Crippen LogP contribution in [0.2, 0.25) is 0 Å². The summed E-state index contributed by atoms with van der Waals surface area (Å²) in [6.07, 6.45) is 1.23. The number of hydrogen-bond acceptors (Lipinski definition) is 3. The van der Waals surface area contributed by atoms with E-state index in [-0.39, 0.29) is 12.5 Å². The molecule has 0 aliphatic carbocycles. The molecule has 2 aromatic rings. The van der Waals surface area contributed by atoms with E-state index in [0.29, 0.717) is 11.4 Å². The van der Waals surface area contributed by atoms with Crippen LogP contribution in [-0.2, 0) is 0 Å². The highest BCUT2D eigenvalue weighted by Crippen LogP contribution is 2.16. The topological polar surface area (TPSA) is 66.6 Å². The van der Waals surface area contributed by atoms with Gasteiger partial charge < -0.3 is 10.4 Å². The number of carbonyl (C=O) groups excluding carboxylic acids is 1. The van der Waals surface area contributed by atoms with E-state index in [9.17, 15) is 9.90 Å². The maximum Gasteiger partial charge on any atom is 0.270 e. The first-order valence-electron chi connectivity index (χ1n) is 5.59.